The van der Waals surface area contributed by atoms with Gasteiger partial charge in [-0.2, -0.15) is 0 Å². The number of carbonyl (C=O) groups is 2. The molecule has 0 unspecified atom stereocenters. The molecule has 8 heteroatoms. The Hall–Kier alpha value is -2.09. The van der Waals surface area contributed by atoms with Crippen LogP contribution >= 0.6 is 11.8 Å². The van der Waals surface area contributed by atoms with Crippen molar-refractivity contribution < 1.29 is 19.2 Å². The van der Waals surface area contributed by atoms with Crippen LogP contribution in [0.4, 0.5) is 5.69 Å². The third-order valence-electron chi connectivity index (χ3n) is 3.12. The van der Waals surface area contributed by atoms with Crippen LogP contribution in [0.25, 0.3) is 0 Å². The van der Waals surface area contributed by atoms with Crippen LogP contribution in [0.2, 0.25) is 0 Å². The van der Waals surface area contributed by atoms with Crippen molar-refractivity contribution in [1.29, 1.82) is 0 Å². The van der Waals surface area contributed by atoms with Crippen LogP contribution < -0.4 is 0 Å². The molecule has 1 saturated heterocycles. The maximum Gasteiger partial charge on any atom is 0.320 e. The first-order valence-electron chi connectivity index (χ1n) is 6.26. The van der Waals surface area contributed by atoms with Crippen LogP contribution in [0.15, 0.2) is 24.3 Å². The lowest BCUT2D eigenvalue weighted by Gasteiger charge is -2.31. The highest BCUT2D eigenvalue weighted by Gasteiger charge is 2.30. The Balaban J connectivity index is 2.14. The summed E-state index contributed by atoms with van der Waals surface area (Å²) in [5, 5.41) is 10.3. The molecular weight excluding hydrogens is 296 g/mol. The van der Waals surface area contributed by atoms with Crippen molar-refractivity contribution in [3.05, 3.63) is 39.9 Å². The second kappa shape index (κ2) is 6.57. The zero-order valence-corrected chi connectivity index (χ0v) is 12.2. The van der Waals surface area contributed by atoms with Crippen LogP contribution in [-0.4, -0.2) is 52.9 Å². The number of esters is 1. The number of nitro groups is 1. The maximum atomic E-state index is 12.4. The number of benzene rings is 1. The van der Waals surface area contributed by atoms with E-state index in [1.807, 2.05) is 0 Å². The predicted octanol–water partition coefficient (Wildman–Crippen LogP) is 1.33. The highest BCUT2D eigenvalue weighted by atomic mass is 32.2. The normalized spacial score (nSPS) is 18.1. The fraction of sp³-hybridized carbons (Fsp3) is 0.385. The SMILES string of the molecule is COC(=O)[C@@H]1CN(C(=O)c2cccc([N+](=O)[O-])c2)CCS1. The summed E-state index contributed by atoms with van der Waals surface area (Å²) in [5.41, 5.74) is 0.122. The molecule has 1 amide bonds. The molecule has 112 valence electrons. The maximum absolute atomic E-state index is 12.4. The van der Waals surface area contributed by atoms with Gasteiger partial charge in [0, 0.05) is 36.5 Å². The minimum atomic E-state index is -0.542. The minimum absolute atomic E-state index is 0.128. The zero-order chi connectivity index (χ0) is 15.4. The molecule has 0 spiro atoms. The Labute approximate surface area is 125 Å². The first-order valence-corrected chi connectivity index (χ1v) is 7.31. The lowest BCUT2D eigenvalue weighted by molar-refractivity contribution is -0.384. The van der Waals surface area contributed by atoms with Crippen molar-refractivity contribution in [3.63, 3.8) is 0 Å². The Morgan fingerprint density at radius 3 is 2.90 bits per heavy atom. The van der Waals surface area contributed by atoms with Gasteiger partial charge in [0.25, 0.3) is 11.6 Å². The molecule has 0 aromatic heterocycles. The van der Waals surface area contributed by atoms with Gasteiger partial charge in [-0.15, -0.1) is 11.8 Å². The van der Waals surface area contributed by atoms with Gasteiger partial charge in [-0.1, -0.05) is 6.07 Å². The first-order chi connectivity index (χ1) is 10.0. The van der Waals surface area contributed by atoms with Crippen LogP contribution in [0, 0.1) is 10.1 Å². The lowest BCUT2D eigenvalue weighted by Crippen LogP contribution is -2.44. The van der Waals surface area contributed by atoms with Gasteiger partial charge in [-0.3, -0.25) is 19.7 Å². The number of thioether (sulfide) groups is 1. The van der Waals surface area contributed by atoms with E-state index in [9.17, 15) is 19.7 Å². The summed E-state index contributed by atoms with van der Waals surface area (Å²) in [7, 11) is 1.31. The number of hydrogen-bond donors (Lipinski definition) is 0. The predicted molar refractivity (Wildman–Crippen MR) is 77.3 cm³/mol. The van der Waals surface area contributed by atoms with E-state index in [4.69, 9.17) is 0 Å². The molecule has 1 atom stereocenters. The average Bonchev–Trinajstić information content (AvgIpc) is 2.53. The topological polar surface area (TPSA) is 89.8 Å². The summed E-state index contributed by atoms with van der Waals surface area (Å²) in [4.78, 5) is 35.6. The molecule has 1 aliphatic heterocycles. The van der Waals surface area contributed by atoms with E-state index in [1.165, 1.54) is 48.0 Å². The molecule has 0 saturated carbocycles. The van der Waals surface area contributed by atoms with E-state index in [0.717, 1.165) is 0 Å². The minimum Gasteiger partial charge on any atom is -0.468 e. The molecule has 0 bridgehead atoms. The van der Waals surface area contributed by atoms with Crippen molar-refractivity contribution >= 4 is 29.3 Å². The molecular formula is C13H14N2O5S. The van der Waals surface area contributed by atoms with Gasteiger partial charge in [0.2, 0.25) is 0 Å². The average molecular weight is 310 g/mol. The number of ether oxygens (including phenoxy) is 1. The number of rotatable bonds is 3. The van der Waals surface area contributed by atoms with Gasteiger partial charge in [0.15, 0.2) is 0 Å². The zero-order valence-electron chi connectivity index (χ0n) is 11.4. The van der Waals surface area contributed by atoms with Gasteiger partial charge < -0.3 is 9.64 Å². The number of amides is 1. The number of non-ortho nitro benzene ring substituents is 1. The van der Waals surface area contributed by atoms with Gasteiger partial charge in [-0.05, 0) is 6.07 Å². The smallest absolute Gasteiger partial charge is 0.320 e. The number of nitrogens with zero attached hydrogens (tertiary/aromatic N) is 2. The van der Waals surface area contributed by atoms with E-state index in [-0.39, 0.29) is 29.7 Å². The van der Waals surface area contributed by atoms with Crippen molar-refractivity contribution in [2.24, 2.45) is 0 Å². The summed E-state index contributed by atoms with van der Waals surface area (Å²) < 4.78 is 4.69. The highest BCUT2D eigenvalue weighted by molar-refractivity contribution is 8.00. The summed E-state index contributed by atoms with van der Waals surface area (Å²) in [6.07, 6.45) is 0. The monoisotopic (exact) mass is 310 g/mol. The standard InChI is InChI=1S/C13H14N2O5S/c1-20-13(17)11-8-14(5-6-21-11)12(16)9-3-2-4-10(7-9)15(18)19/h2-4,7,11H,5-6,8H2,1H3/t11-/m0/s1. The molecule has 1 aliphatic rings. The summed E-state index contributed by atoms with van der Waals surface area (Å²) >= 11 is 1.44. The van der Waals surface area contributed by atoms with E-state index in [1.54, 1.807) is 0 Å². The van der Waals surface area contributed by atoms with Crippen molar-refractivity contribution in [3.8, 4) is 0 Å². The number of methoxy groups -OCH3 is 1. The van der Waals surface area contributed by atoms with E-state index >= 15 is 0 Å². The largest absolute Gasteiger partial charge is 0.468 e. The van der Waals surface area contributed by atoms with Gasteiger partial charge >= 0.3 is 5.97 Å². The molecule has 0 N–H and O–H groups in total. The molecule has 1 heterocycles. The molecule has 21 heavy (non-hydrogen) atoms. The van der Waals surface area contributed by atoms with Gasteiger partial charge in [-0.25, -0.2) is 0 Å². The third-order valence-corrected chi connectivity index (χ3v) is 4.28. The van der Waals surface area contributed by atoms with Gasteiger partial charge in [0.05, 0.1) is 12.0 Å². The van der Waals surface area contributed by atoms with E-state index < -0.39 is 10.2 Å². The Morgan fingerprint density at radius 2 is 2.24 bits per heavy atom. The number of nitro benzene ring substituents is 1. The molecule has 1 fully saturated rings. The van der Waals surface area contributed by atoms with Crippen LogP contribution in [0.3, 0.4) is 0 Å². The summed E-state index contributed by atoms with van der Waals surface area (Å²) in [6.45, 7) is 0.749. The van der Waals surface area contributed by atoms with Crippen LogP contribution in [-0.2, 0) is 9.53 Å². The van der Waals surface area contributed by atoms with Gasteiger partial charge in [0.1, 0.15) is 5.25 Å². The summed E-state index contributed by atoms with van der Waals surface area (Å²) in [5.74, 6) is -0.0510. The molecule has 0 aliphatic carbocycles. The number of carbonyl (C=O) groups excluding carboxylic acids is 2. The first kappa shape index (κ1) is 15.3. The fourth-order valence-electron chi connectivity index (χ4n) is 2.04. The molecule has 0 radical (unpaired) electrons. The van der Waals surface area contributed by atoms with Crippen molar-refractivity contribution in [2.75, 3.05) is 26.0 Å². The molecule has 2 rings (SSSR count). The fourth-order valence-corrected chi connectivity index (χ4v) is 3.17. The van der Waals surface area contributed by atoms with Crippen LogP contribution in [0.5, 0.6) is 0 Å². The Kier molecular flexibility index (Phi) is 4.79. The summed E-state index contributed by atoms with van der Waals surface area (Å²) in [6, 6.07) is 5.59. The third kappa shape index (κ3) is 3.52. The van der Waals surface area contributed by atoms with E-state index in [0.29, 0.717) is 12.3 Å². The number of hydrogen-bond acceptors (Lipinski definition) is 6. The molecule has 1 aromatic carbocycles. The van der Waals surface area contributed by atoms with E-state index in [2.05, 4.69) is 4.74 Å². The lowest BCUT2D eigenvalue weighted by atomic mass is 10.1. The highest BCUT2D eigenvalue weighted by Crippen LogP contribution is 2.22. The second-order valence-corrected chi connectivity index (χ2v) is 5.75. The van der Waals surface area contributed by atoms with Crippen LogP contribution in [0.1, 0.15) is 10.4 Å². The quantitative estimate of drug-likeness (QED) is 0.475. The Morgan fingerprint density at radius 1 is 1.48 bits per heavy atom. The molecule has 7 nitrogen and oxygen atoms in total. The second-order valence-electron chi connectivity index (χ2n) is 4.44. The Bertz CT molecular complexity index is 577. The van der Waals surface area contributed by atoms with Crippen molar-refractivity contribution in [2.45, 2.75) is 5.25 Å². The van der Waals surface area contributed by atoms with Crippen molar-refractivity contribution in [1.82, 2.24) is 4.90 Å². The molecule has 1 aromatic rings.